The molecule has 2 aromatic rings. The molecule has 0 spiro atoms. The highest BCUT2D eigenvalue weighted by atomic mass is 35.5. The van der Waals surface area contributed by atoms with Gasteiger partial charge in [0.15, 0.2) is 0 Å². The fourth-order valence-corrected chi connectivity index (χ4v) is 4.06. The van der Waals surface area contributed by atoms with Gasteiger partial charge in [0.1, 0.15) is 0 Å². The minimum absolute atomic E-state index is 0.0575. The maximum Gasteiger partial charge on any atom is 0.435 e. The lowest BCUT2D eigenvalue weighted by atomic mass is 9.86. The number of carbonyl (C=O) groups is 1. The van der Waals surface area contributed by atoms with Crippen LogP contribution in [0.3, 0.4) is 0 Å². The normalized spacial score (nSPS) is 19.3. The van der Waals surface area contributed by atoms with Crippen molar-refractivity contribution in [2.75, 3.05) is 13.7 Å². The van der Waals surface area contributed by atoms with E-state index in [9.17, 15) is 18.0 Å². The Kier molecular flexibility index (Phi) is 7.07. The van der Waals surface area contributed by atoms with Crippen LogP contribution in [0.5, 0.6) is 0 Å². The summed E-state index contributed by atoms with van der Waals surface area (Å²) in [6, 6.07) is 8.17. The molecule has 1 aliphatic heterocycles. The Morgan fingerprint density at radius 3 is 2.47 bits per heavy atom. The van der Waals surface area contributed by atoms with Crippen LogP contribution in [-0.4, -0.2) is 37.6 Å². The molecule has 10 heteroatoms. The molecule has 0 saturated heterocycles. The van der Waals surface area contributed by atoms with E-state index in [4.69, 9.17) is 32.8 Å². The van der Waals surface area contributed by atoms with Crippen LogP contribution in [0.4, 0.5) is 13.2 Å². The maximum absolute atomic E-state index is 14.1. The number of rotatable bonds is 6. The minimum atomic E-state index is -4.78. The number of hydrogen-bond acceptors (Lipinski definition) is 4. The van der Waals surface area contributed by atoms with Gasteiger partial charge in [-0.1, -0.05) is 34.4 Å². The monoisotopic (exact) mass is 488 g/mol. The average molecular weight is 489 g/mol. The van der Waals surface area contributed by atoms with Crippen LogP contribution in [-0.2, 0) is 15.2 Å². The summed E-state index contributed by atoms with van der Waals surface area (Å²) in [6.07, 6.45) is -5.35. The number of aryl methyl sites for hydroxylation is 1. The van der Waals surface area contributed by atoms with E-state index in [1.165, 1.54) is 25.3 Å². The van der Waals surface area contributed by atoms with Crippen molar-refractivity contribution in [3.05, 3.63) is 68.7 Å². The number of halogens is 5. The van der Waals surface area contributed by atoms with Crippen molar-refractivity contribution < 1.29 is 27.5 Å². The van der Waals surface area contributed by atoms with Crippen LogP contribution >= 0.6 is 23.2 Å². The molecule has 1 aliphatic rings. The predicted molar refractivity (Wildman–Crippen MR) is 116 cm³/mol. The zero-order chi connectivity index (χ0) is 23.7. The number of ether oxygens (including phenoxy) is 1. The predicted octanol–water partition coefficient (Wildman–Crippen LogP) is 5.65. The largest absolute Gasteiger partial charge is 0.435 e. The third kappa shape index (κ3) is 4.87. The molecule has 0 radical (unpaired) electrons. The second-order valence-corrected chi connectivity index (χ2v) is 8.52. The molecule has 2 atom stereocenters. The Bertz CT molecular complexity index is 1040. The molecule has 0 aliphatic carbocycles. The van der Waals surface area contributed by atoms with Crippen LogP contribution in [0.25, 0.3) is 0 Å². The van der Waals surface area contributed by atoms with Gasteiger partial charge in [0.25, 0.3) is 11.5 Å². The zero-order valence-corrected chi connectivity index (χ0v) is 19.0. The fraction of sp³-hybridized carbons (Fsp3) is 0.364. The zero-order valence-electron chi connectivity index (χ0n) is 17.5. The SMILES string of the molecule is COCC(C)NC(=O)c1ccc(C2=NOC(c3cc(Cl)cc(Cl)c3)(C(F)(F)F)C2)cc1C. The Labute approximate surface area is 193 Å². The van der Waals surface area contributed by atoms with Crippen molar-refractivity contribution in [2.24, 2.45) is 5.16 Å². The van der Waals surface area contributed by atoms with Gasteiger partial charge in [0, 0.05) is 40.7 Å². The van der Waals surface area contributed by atoms with Crippen LogP contribution in [0.1, 0.15) is 40.4 Å². The molecule has 3 rings (SSSR count). The molecule has 32 heavy (non-hydrogen) atoms. The van der Waals surface area contributed by atoms with Crippen molar-refractivity contribution in [2.45, 2.75) is 38.1 Å². The number of oxime groups is 1. The molecule has 2 unspecified atom stereocenters. The summed E-state index contributed by atoms with van der Waals surface area (Å²) < 4.78 is 47.4. The Hall–Kier alpha value is -2.29. The van der Waals surface area contributed by atoms with Gasteiger partial charge in [0.2, 0.25) is 0 Å². The van der Waals surface area contributed by atoms with Gasteiger partial charge in [-0.2, -0.15) is 13.2 Å². The second-order valence-electron chi connectivity index (χ2n) is 7.65. The Morgan fingerprint density at radius 2 is 1.91 bits per heavy atom. The molecule has 172 valence electrons. The topological polar surface area (TPSA) is 59.9 Å². The molecule has 0 aromatic heterocycles. The lowest BCUT2D eigenvalue weighted by molar-refractivity contribution is -0.275. The molecule has 0 fully saturated rings. The first-order chi connectivity index (χ1) is 15.0. The Balaban J connectivity index is 1.88. The number of alkyl halides is 3. The highest BCUT2D eigenvalue weighted by molar-refractivity contribution is 6.34. The van der Waals surface area contributed by atoms with Crippen molar-refractivity contribution >= 4 is 34.8 Å². The van der Waals surface area contributed by atoms with E-state index < -0.39 is 18.2 Å². The van der Waals surface area contributed by atoms with Gasteiger partial charge in [0.05, 0.1) is 12.3 Å². The van der Waals surface area contributed by atoms with Crippen molar-refractivity contribution in [3.63, 3.8) is 0 Å². The fourth-order valence-electron chi connectivity index (χ4n) is 3.54. The number of methoxy groups -OCH3 is 1. The molecular formula is C22H21Cl2F3N2O3. The number of hydrogen-bond donors (Lipinski definition) is 1. The quantitative estimate of drug-likeness (QED) is 0.571. The molecule has 1 amide bonds. The molecular weight excluding hydrogens is 468 g/mol. The average Bonchev–Trinajstić information content (AvgIpc) is 3.14. The van der Waals surface area contributed by atoms with Gasteiger partial charge in [-0.25, -0.2) is 0 Å². The summed E-state index contributed by atoms with van der Waals surface area (Å²) in [6.45, 7) is 3.85. The third-order valence-electron chi connectivity index (χ3n) is 5.11. The molecule has 0 bridgehead atoms. The van der Waals surface area contributed by atoms with Gasteiger partial charge in [-0.05, 0) is 55.3 Å². The summed E-state index contributed by atoms with van der Waals surface area (Å²) in [5.41, 5.74) is -1.44. The first kappa shape index (κ1) is 24.4. The lowest BCUT2D eigenvalue weighted by Crippen LogP contribution is -2.42. The van der Waals surface area contributed by atoms with E-state index in [-0.39, 0.29) is 33.3 Å². The van der Waals surface area contributed by atoms with E-state index in [2.05, 4.69) is 10.5 Å². The smallest absolute Gasteiger partial charge is 0.383 e. The summed E-state index contributed by atoms with van der Waals surface area (Å²) in [5, 5.41) is 6.66. The standard InChI is InChI=1S/C22H21Cl2F3N2O3/c1-12-6-14(4-5-18(12)20(30)28-13(2)11-31-3)19-10-21(32-29-19,22(25,26)27)15-7-16(23)9-17(24)8-15/h4-9,13H,10-11H2,1-3H3,(H,28,30). The van der Waals surface area contributed by atoms with E-state index >= 15 is 0 Å². The second kappa shape index (κ2) is 9.29. The van der Waals surface area contributed by atoms with Crippen LogP contribution in [0, 0.1) is 6.92 Å². The van der Waals surface area contributed by atoms with Gasteiger partial charge in [-0.15, -0.1) is 0 Å². The van der Waals surface area contributed by atoms with Crippen LogP contribution in [0.15, 0.2) is 41.6 Å². The molecule has 1 heterocycles. The summed E-state index contributed by atoms with van der Waals surface area (Å²) >= 11 is 11.9. The van der Waals surface area contributed by atoms with Crippen molar-refractivity contribution in [3.8, 4) is 0 Å². The van der Waals surface area contributed by atoms with Crippen LogP contribution in [0.2, 0.25) is 10.0 Å². The maximum atomic E-state index is 14.1. The lowest BCUT2D eigenvalue weighted by Gasteiger charge is -2.29. The highest BCUT2D eigenvalue weighted by Crippen LogP contribution is 2.49. The van der Waals surface area contributed by atoms with Gasteiger partial charge in [-0.3, -0.25) is 4.79 Å². The molecule has 1 N–H and O–H groups in total. The summed E-state index contributed by atoms with van der Waals surface area (Å²) in [4.78, 5) is 17.5. The summed E-state index contributed by atoms with van der Waals surface area (Å²) in [5.74, 6) is -0.304. The van der Waals surface area contributed by atoms with Gasteiger partial charge >= 0.3 is 6.18 Å². The van der Waals surface area contributed by atoms with Crippen molar-refractivity contribution in [1.82, 2.24) is 5.32 Å². The Morgan fingerprint density at radius 1 is 1.25 bits per heavy atom. The van der Waals surface area contributed by atoms with E-state index in [0.29, 0.717) is 23.3 Å². The highest BCUT2D eigenvalue weighted by Gasteiger charge is 2.62. The van der Waals surface area contributed by atoms with E-state index in [1.54, 1.807) is 32.0 Å². The first-order valence-corrected chi connectivity index (χ1v) is 10.4. The third-order valence-corrected chi connectivity index (χ3v) is 5.55. The van der Waals surface area contributed by atoms with E-state index in [0.717, 1.165) is 0 Å². The number of benzene rings is 2. The molecule has 5 nitrogen and oxygen atoms in total. The number of amides is 1. The van der Waals surface area contributed by atoms with Crippen molar-refractivity contribution in [1.29, 1.82) is 0 Å². The number of nitrogens with zero attached hydrogens (tertiary/aromatic N) is 1. The van der Waals surface area contributed by atoms with E-state index in [1.807, 2.05) is 0 Å². The molecule has 2 aromatic carbocycles. The molecule has 0 saturated carbocycles. The number of carbonyl (C=O) groups excluding carboxylic acids is 1. The van der Waals surface area contributed by atoms with Gasteiger partial charge < -0.3 is 14.9 Å². The first-order valence-electron chi connectivity index (χ1n) is 9.66. The minimum Gasteiger partial charge on any atom is -0.383 e. The van der Waals surface area contributed by atoms with Crippen LogP contribution < -0.4 is 5.32 Å². The number of nitrogens with one attached hydrogen (secondary N) is 1. The summed E-state index contributed by atoms with van der Waals surface area (Å²) in [7, 11) is 1.53.